The van der Waals surface area contributed by atoms with Crippen molar-refractivity contribution in [3.8, 4) is 11.1 Å². The zero-order valence-electron chi connectivity index (χ0n) is 30.2. The lowest BCUT2D eigenvalue weighted by Crippen LogP contribution is -2.59. The molecule has 0 radical (unpaired) electrons. The van der Waals surface area contributed by atoms with E-state index in [0.717, 1.165) is 26.4 Å². The summed E-state index contributed by atoms with van der Waals surface area (Å²) >= 11 is 2.79. The van der Waals surface area contributed by atoms with Crippen LogP contribution in [0.25, 0.3) is 11.1 Å². The molecule has 7 rings (SSSR count). The summed E-state index contributed by atoms with van der Waals surface area (Å²) in [6.07, 6.45) is -0.197. The summed E-state index contributed by atoms with van der Waals surface area (Å²) in [6, 6.07) is 26.2. The normalized spacial score (nSPS) is 20.1. The van der Waals surface area contributed by atoms with E-state index in [1.54, 1.807) is 24.3 Å². The molecule has 0 fully saturated rings. The smallest absolute Gasteiger partial charge is 0.326 e. The molecule has 14 heteroatoms. The van der Waals surface area contributed by atoms with E-state index in [9.17, 15) is 33.9 Å². The molecule has 4 heterocycles. The molecule has 5 aromatic rings. The van der Waals surface area contributed by atoms with Crippen LogP contribution in [0.2, 0.25) is 0 Å². The summed E-state index contributed by atoms with van der Waals surface area (Å²) in [6.45, 7) is 0. The number of carboxylic acid groups (broad SMARTS) is 1. The molecule has 6 N–H and O–H groups in total. The van der Waals surface area contributed by atoms with Crippen LogP contribution in [0.1, 0.15) is 33.7 Å². The van der Waals surface area contributed by atoms with Crippen molar-refractivity contribution < 1.29 is 33.9 Å². The third-order valence-electron chi connectivity index (χ3n) is 9.26. The van der Waals surface area contributed by atoms with Crippen molar-refractivity contribution in [3.05, 3.63) is 135 Å². The Labute approximate surface area is 331 Å². The summed E-state index contributed by atoms with van der Waals surface area (Å²) in [5.41, 5.74) is 3.70. The van der Waals surface area contributed by atoms with Crippen molar-refractivity contribution in [2.24, 2.45) is 0 Å². The van der Waals surface area contributed by atoms with Gasteiger partial charge in [0.1, 0.15) is 24.2 Å². The second-order valence-corrected chi connectivity index (χ2v) is 15.5. The lowest BCUT2D eigenvalue weighted by Gasteiger charge is -2.26. The van der Waals surface area contributed by atoms with Crippen molar-refractivity contribution in [2.45, 2.75) is 62.7 Å². The molecule has 0 saturated heterocycles. The number of hydrogen-bond acceptors (Lipinski definition) is 8. The maximum Gasteiger partial charge on any atom is 0.326 e. The highest BCUT2D eigenvalue weighted by Crippen LogP contribution is 2.21. The van der Waals surface area contributed by atoms with Crippen molar-refractivity contribution in [2.75, 3.05) is 5.32 Å². The first kappa shape index (κ1) is 39.6. The standard InChI is InChI=1S/C42H41N5O7S2/c48-37-18-19-38(49)44-34(24-31-8-4-20-55-31)40(51)45-33(22-26-10-14-29(15-11-26)28-6-2-1-3-7-28)39(50)46-35(25-32-9-5-21-56-32)41(52)47-36(42(53)54)23-27-12-16-30(43-37)17-13-27/h1-17,20-21,33-36H,18-19,22-25H2,(H,43,48)(H,44,49)(H,45,51)(H,46,50)(H,47,52)(H,53,54)/t33-,34+,35+,36+/m0/s1. The Kier molecular flexibility index (Phi) is 13.4. The van der Waals surface area contributed by atoms with Crippen LogP contribution in [0.3, 0.4) is 0 Å². The minimum absolute atomic E-state index is 0.0351. The fourth-order valence-corrected chi connectivity index (χ4v) is 7.79. The molecule has 3 aromatic carbocycles. The van der Waals surface area contributed by atoms with Gasteiger partial charge in [-0.25, -0.2) is 4.79 Å². The molecule has 2 aliphatic rings. The molecular weight excluding hydrogens is 751 g/mol. The average molecular weight is 792 g/mol. The first-order valence-corrected chi connectivity index (χ1v) is 19.9. The Morgan fingerprint density at radius 2 is 1.11 bits per heavy atom. The molecule has 0 unspecified atom stereocenters. The molecule has 0 spiro atoms. The van der Waals surface area contributed by atoms with Crippen LogP contribution < -0.4 is 26.6 Å². The molecular formula is C42H41N5O7S2. The van der Waals surface area contributed by atoms with Crippen molar-refractivity contribution in [1.82, 2.24) is 21.3 Å². The van der Waals surface area contributed by atoms with E-state index >= 15 is 0 Å². The molecule has 2 aromatic heterocycles. The Bertz CT molecular complexity index is 2120. The van der Waals surface area contributed by atoms with Gasteiger partial charge in [-0.3, -0.25) is 24.0 Å². The third kappa shape index (κ3) is 11.2. The van der Waals surface area contributed by atoms with Gasteiger partial charge in [-0.1, -0.05) is 78.9 Å². The molecule has 2 bridgehead atoms. The Balaban J connectivity index is 1.33. The maximum atomic E-state index is 14.3. The number of hydrogen-bond donors (Lipinski definition) is 6. The minimum Gasteiger partial charge on any atom is -0.480 e. The van der Waals surface area contributed by atoms with E-state index < -0.39 is 59.7 Å². The summed E-state index contributed by atoms with van der Waals surface area (Å²) in [5, 5.41) is 27.5. The number of rotatable bonds is 8. The van der Waals surface area contributed by atoms with Crippen LogP contribution in [0, 0.1) is 0 Å². The molecule has 0 aliphatic carbocycles. The second kappa shape index (κ2) is 19.0. The van der Waals surface area contributed by atoms with Crippen LogP contribution in [0.5, 0.6) is 0 Å². The highest BCUT2D eigenvalue weighted by Gasteiger charge is 2.32. The van der Waals surface area contributed by atoms with Gasteiger partial charge in [0.05, 0.1) is 0 Å². The quantitative estimate of drug-likeness (QED) is 0.125. The predicted molar refractivity (Wildman–Crippen MR) is 215 cm³/mol. The number of fused-ring (bicyclic) bond motifs is 18. The summed E-state index contributed by atoms with van der Waals surface area (Å²) < 4.78 is 0. The fraction of sp³-hybridized carbons (Fsp3) is 0.238. The third-order valence-corrected chi connectivity index (χ3v) is 11.1. The molecule has 4 atom stereocenters. The Morgan fingerprint density at radius 3 is 1.68 bits per heavy atom. The SMILES string of the molecule is O=C1CCC(=O)N[C@H](Cc2cccs2)C(=O)N[C@@H](Cc2ccc(-c3ccccc3)cc2)C(=O)N[C@H](Cc2cccs2)C(=O)N[C@@H](C(=O)O)Cc2ccc(cc2)N1. The van der Waals surface area contributed by atoms with Crippen LogP contribution in [-0.2, 0) is 54.5 Å². The average Bonchev–Trinajstić information content (AvgIpc) is 3.92. The number of carboxylic acids is 1. The van der Waals surface area contributed by atoms with E-state index in [1.165, 1.54) is 22.7 Å². The summed E-state index contributed by atoms with van der Waals surface area (Å²) in [4.78, 5) is 82.3. The van der Waals surface area contributed by atoms with Gasteiger partial charge in [0.25, 0.3) is 0 Å². The van der Waals surface area contributed by atoms with Crippen LogP contribution in [0.4, 0.5) is 5.69 Å². The lowest BCUT2D eigenvalue weighted by atomic mass is 9.99. The maximum absolute atomic E-state index is 14.3. The van der Waals surface area contributed by atoms with Gasteiger partial charge < -0.3 is 31.7 Å². The molecule has 12 nitrogen and oxygen atoms in total. The van der Waals surface area contributed by atoms with Gasteiger partial charge in [-0.15, -0.1) is 22.7 Å². The van der Waals surface area contributed by atoms with Crippen LogP contribution in [0.15, 0.2) is 114 Å². The number of thiophene rings is 2. The fourth-order valence-electron chi connectivity index (χ4n) is 6.28. The molecule has 0 saturated carbocycles. The topological polar surface area (TPSA) is 183 Å². The van der Waals surface area contributed by atoms with Gasteiger partial charge in [-0.05, 0) is 57.3 Å². The number of amides is 5. The number of nitrogens with one attached hydrogen (secondary N) is 5. The number of benzene rings is 3. The van der Waals surface area contributed by atoms with Gasteiger partial charge in [0.15, 0.2) is 0 Å². The first-order valence-electron chi connectivity index (χ1n) is 18.1. The lowest BCUT2D eigenvalue weighted by molar-refractivity contribution is -0.142. The number of aliphatic carboxylic acids is 1. The van der Waals surface area contributed by atoms with Crippen LogP contribution >= 0.6 is 22.7 Å². The zero-order valence-corrected chi connectivity index (χ0v) is 31.9. The van der Waals surface area contributed by atoms with E-state index in [0.29, 0.717) is 11.3 Å². The van der Waals surface area contributed by atoms with Crippen molar-refractivity contribution >= 4 is 63.9 Å². The van der Waals surface area contributed by atoms with E-state index in [2.05, 4.69) is 26.6 Å². The van der Waals surface area contributed by atoms with Crippen molar-refractivity contribution in [1.29, 1.82) is 0 Å². The Hall–Kier alpha value is -6.12. The highest BCUT2D eigenvalue weighted by atomic mass is 32.1. The first-order chi connectivity index (χ1) is 27.1. The van der Waals surface area contributed by atoms with E-state index in [1.807, 2.05) is 89.6 Å². The zero-order chi connectivity index (χ0) is 39.4. The van der Waals surface area contributed by atoms with Gasteiger partial charge in [0, 0.05) is 54.0 Å². The predicted octanol–water partition coefficient (Wildman–Crippen LogP) is 4.50. The second-order valence-electron chi connectivity index (χ2n) is 13.4. The molecule has 2 aliphatic heterocycles. The van der Waals surface area contributed by atoms with Gasteiger partial charge >= 0.3 is 5.97 Å². The number of carbonyl (C=O) groups excluding carboxylic acids is 5. The highest BCUT2D eigenvalue weighted by molar-refractivity contribution is 7.10. The molecule has 56 heavy (non-hydrogen) atoms. The number of carbonyl (C=O) groups is 6. The summed E-state index contributed by atoms with van der Waals surface area (Å²) in [5.74, 6) is -4.24. The van der Waals surface area contributed by atoms with Crippen molar-refractivity contribution in [3.63, 3.8) is 0 Å². The molecule has 288 valence electrons. The monoisotopic (exact) mass is 791 g/mol. The van der Waals surface area contributed by atoms with Gasteiger partial charge in [-0.2, -0.15) is 0 Å². The summed E-state index contributed by atoms with van der Waals surface area (Å²) in [7, 11) is 0. The van der Waals surface area contributed by atoms with E-state index in [-0.39, 0.29) is 38.5 Å². The Morgan fingerprint density at radius 1 is 0.571 bits per heavy atom. The molecule has 5 amide bonds. The largest absolute Gasteiger partial charge is 0.480 e. The number of anilines is 1. The van der Waals surface area contributed by atoms with Crippen LogP contribution in [-0.4, -0.2) is 64.8 Å². The van der Waals surface area contributed by atoms with E-state index in [4.69, 9.17) is 0 Å². The van der Waals surface area contributed by atoms with Gasteiger partial charge in [0.2, 0.25) is 29.5 Å². The minimum atomic E-state index is -1.34.